The van der Waals surface area contributed by atoms with E-state index in [2.05, 4.69) is 5.32 Å². The van der Waals surface area contributed by atoms with Crippen molar-refractivity contribution in [2.45, 2.75) is 25.5 Å². The first-order valence-corrected chi connectivity index (χ1v) is 13.0. The molecule has 1 aromatic heterocycles. The monoisotopic (exact) mass is 519 g/mol. The van der Waals surface area contributed by atoms with Gasteiger partial charge in [0.2, 0.25) is 0 Å². The molecule has 0 bridgehead atoms. The molecule has 1 N–H and O–H groups in total. The number of aromatic nitrogens is 2. The van der Waals surface area contributed by atoms with Crippen LogP contribution in [0.5, 0.6) is 0 Å². The average molecular weight is 520 g/mol. The van der Waals surface area contributed by atoms with E-state index >= 15 is 0 Å². The van der Waals surface area contributed by atoms with Crippen LogP contribution in [0.15, 0.2) is 82.7 Å². The molecule has 1 amide bonds. The second-order valence-corrected chi connectivity index (χ2v) is 10.2. The lowest BCUT2D eigenvalue weighted by molar-refractivity contribution is 0.0948. The maximum absolute atomic E-state index is 13.5. The van der Waals surface area contributed by atoms with Crippen molar-refractivity contribution >= 4 is 46.0 Å². The molecular formula is C28H26ClN3O3S. The predicted molar refractivity (Wildman–Crippen MR) is 145 cm³/mol. The van der Waals surface area contributed by atoms with Crippen LogP contribution in [0.1, 0.15) is 40.1 Å². The third kappa shape index (κ3) is 6.22. The normalized spacial score (nSPS) is 11.1. The third-order valence-corrected chi connectivity index (χ3v) is 6.73. The summed E-state index contributed by atoms with van der Waals surface area (Å²) in [6.07, 6.45) is 0. The van der Waals surface area contributed by atoms with Gasteiger partial charge >= 0.3 is 0 Å². The van der Waals surface area contributed by atoms with Crippen LogP contribution in [0.4, 0.5) is 0 Å². The Morgan fingerprint density at radius 1 is 1.00 bits per heavy atom. The van der Waals surface area contributed by atoms with Crippen molar-refractivity contribution < 1.29 is 9.59 Å². The number of benzene rings is 3. The number of carbonyl (C=O) groups is 2. The summed E-state index contributed by atoms with van der Waals surface area (Å²) in [5, 5.41) is 4.20. The highest BCUT2D eigenvalue weighted by Gasteiger charge is 2.16. The Bertz CT molecular complexity index is 1470. The molecule has 8 heteroatoms. The van der Waals surface area contributed by atoms with E-state index in [9.17, 15) is 14.4 Å². The number of amides is 1. The summed E-state index contributed by atoms with van der Waals surface area (Å²) in [6.45, 7) is 4.90. The molecule has 0 aliphatic rings. The van der Waals surface area contributed by atoms with Crippen LogP contribution in [0.25, 0.3) is 10.9 Å². The SMILES string of the molecule is CC(C)CNC(=O)c1ccc2c(=O)n(Cc3ccccc3)c(SCC(=O)c3cccc(Cl)c3)nc2c1. The summed E-state index contributed by atoms with van der Waals surface area (Å²) in [5.74, 6) is 0.0654. The van der Waals surface area contributed by atoms with Crippen molar-refractivity contribution in [2.75, 3.05) is 12.3 Å². The molecular weight excluding hydrogens is 494 g/mol. The molecule has 1 heterocycles. The summed E-state index contributed by atoms with van der Waals surface area (Å²) in [5.41, 5.74) is 2.06. The minimum Gasteiger partial charge on any atom is -0.352 e. The molecule has 0 radical (unpaired) electrons. The van der Waals surface area contributed by atoms with E-state index < -0.39 is 0 Å². The lowest BCUT2D eigenvalue weighted by atomic mass is 10.1. The number of hydrogen-bond acceptors (Lipinski definition) is 5. The topological polar surface area (TPSA) is 81.1 Å². The summed E-state index contributed by atoms with van der Waals surface area (Å²) in [4.78, 5) is 43.6. The standard InChI is InChI=1S/C28H26ClN3O3S/c1-18(2)15-30-26(34)21-11-12-23-24(14-21)31-28(32(27(23)35)16-19-7-4-3-5-8-19)36-17-25(33)20-9-6-10-22(29)13-20/h3-14,18H,15-17H2,1-2H3,(H,30,34). The van der Waals surface area contributed by atoms with Crippen molar-refractivity contribution in [1.82, 2.24) is 14.9 Å². The zero-order valence-electron chi connectivity index (χ0n) is 20.0. The minimum atomic E-state index is -0.226. The van der Waals surface area contributed by atoms with E-state index in [4.69, 9.17) is 16.6 Å². The van der Waals surface area contributed by atoms with Crippen molar-refractivity contribution in [3.63, 3.8) is 0 Å². The van der Waals surface area contributed by atoms with Crippen molar-refractivity contribution in [3.05, 3.63) is 105 Å². The average Bonchev–Trinajstić information content (AvgIpc) is 2.88. The fraction of sp³-hybridized carbons (Fsp3) is 0.214. The number of nitrogens with zero attached hydrogens (tertiary/aromatic N) is 2. The highest BCUT2D eigenvalue weighted by Crippen LogP contribution is 2.22. The molecule has 0 aliphatic heterocycles. The number of fused-ring (bicyclic) bond motifs is 1. The van der Waals surface area contributed by atoms with Gasteiger partial charge in [-0.25, -0.2) is 4.98 Å². The Kier molecular flexibility index (Phi) is 8.23. The Morgan fingerprint density at radius 3 is 2.50 bits per heavy atom. The largest absolute Gasteiger partial charge is 0.352 e. The number of hydrogen-bond donors (Lipinski definition) is 1. The fourth-order valence-electron chi connectivity index (χ4n) is 3.63. The number of rotatable bonds is 9. The van der Waals surface area contributed by atoms with Gasteiger partial charge in [-0.3, -0.25) is 19.0 Å². The van der Waals surface area contributed by atoms with Crippen LogP contribution in [0.2, 0.25) is 5.02 Å². The molecule has 0 fully saturated rings. The Morgan fingerprint density at radius 2 is 1.78 bits per heavy atom. The summed E-state index contributed by atoms with van der Waals surface area (Å²) < 4.78 is 1.58. The second kappa shape index (κ2) is 11.5. The van der Waals surface area contributed by atoms with Gasteiger partial charge in [0.15, 0.2) is 10.9 Å². The maximum atomic E-state index is 13.5. The second-order valence-electron chi connectivity index (χ2n) is 8.83. The van der Waals surface area contributed by atoms with Crippen LogP contribution in [0, 0.1) is 5.92 Å². The van der Waals surface area contributed by atoms with Gasteiger partial charge in [-0.05, 0) is 41.8 Å². The van der Waals surface area contributed by atoms with Gasteiger partial charge < -0.3 is 5.32 Å². The van der Waals surface area contributed by atoms with E-state index in [-0.39, 0.29) is 23.0 Å². The number of ketones is 1. The predicted octanol–water partition coefficient (Wildman–Crippen LogP) is 5.46. The molecule has 184 valence electrons. The molecule has 0 spiro atoms. The highest BCUT2D eigenvalue weighted by atomic mass is 35.5. The first-order valence-electron chi connectivity index (χ1n) is 11.6. The molecule has 0 unspecified atom stereocenters. The van der Waals surface area contributed by atoms with E-state index in [1.807, 2.05) is 44.2 Å². The maximum Gasteiger partial charge on any atom is 0.262 e. The Hall–Kier alpha value is -3.42. The van der Waals surface area contributed by atoms with Crippen molar-refractivity contribution in [2.24, 2.45) is 5.92 Å². The number of halogens is 1. The van der Waals surface area contributed by atoms with Crippen LogP contribution >= 0.6 is 23.4 Å². The summed E-state index contributed by atoms with van der Waals surface area (Å²) in [7, 11) is 0. The van der Waals surface area contributed by atoms with Gasteiger partial charge in [-0.1, -0.05) is 79.7 Å². The molecule has 6 nitrogen and oxygen atoms in total. The van der Waals surface area contributed by atoms with E-state index in [0.29, 0.717) is 51.2 Å². The van der Waals surface area contributed by atoms with Crippen LogP contribution < -0.4 is 10.9 Å². The molecule has 0 saturated carbocycles. The number of Topliss-reactive ketones (excluding diaryl/α,β-unsaturated/α-hetero) is 1. The van der Waals surface area contributed by atoms with Crippen LogP contribution in [0.3, 0.4) is 0 Å². The summed E-state index contributed by atoms with van der Waals surface area (Å²) >= 11 is 7.23. The van der Waals surface area contributed by atoms with Gasteiger partial charge in [0, 0.05) is 22.7 Å². The van der Waals surface area contributed by atoms with Gasteiger partial charge in [0.05, 0.1) is 23.2 Å². The third-order valence-electron chi connectivity index (χ3n) is 5.52. The molecule has 0 saturated heterocycles. The van der Waals surface area contributed by atoms with E-state index in [1.54, 1.807) is 47.0 Å². The molecule has 36 heavy (non-hydrogen) atoms. The van der Waals surface area contributed by atoms with Crippen LogP contribution in [-0.2, 0) is 6.54 Å². The van der Waals surface area contributed by atoms with E-state index in [0.717, 1.165) is 5.56 Å². The van der Waals surface area contributed by atoms with Gasteiger partial charge in [-0.2, -0.15) is 0 Å². The quantitative estimate of drug-likeness (QED) is 0.180. The van der Waals surface area contributed by atoms with E-state index in [1.165, 1.54) is 11.8 Å². The van der Waals surface area contributed by atoms with Crippen molar-refractivity contribution in [3.8, 4) is 0 Å². The first-order chi connectivity index (χ1) is 17.3. The van der Waals surface area contributed by atoms with Gasteiger partial charge in [-0.15, -0.1) is 0 Å². The number of nitrogens with one attached hydrogen (secondary N) is 1. The minimum absolute atomic E-state index is 0.0850. The zero-order valence-corrected chi connectivity index (χ0v) is 21.6. The number of carbonyl (C=O) groups excluding carboxylic acids is 2. The lowest BCUT2D eigenvalue weighted by Gasteiger charge is -2.14. The number of thioether (sulfide) groups is 1. The van der Waals surface area contributed by atoms with Gasteiger partial charge in [0.25, 0.3) is 11.5 Å². The first kappa shape index (κ1) is 25.7. The van der Waals surface area contributed by atoms with Crippen LogP contribution in [-0.4, -0.2) is 33.5 Å². The Balaban J connectivity index is 1.70. The molecule has 0 aliphatic carbocycles. The van der Waals surface area contributed by atoms with Gasteiger partial charge in [0.1, 0.15) is 0 Å². The molecule has 4 aromatic rings. The zero-order chi connectivity index (χ0) is 25.7. The molecule has 3 aromatic carbocycles. The highest BCUT2D eigenvalue weighted by molar-refractivity contribution is 7.99. The summed E-state index contributed by atoms with van der Waals surface area (Å²) in [6, 6.07) is 21.3. The molecule has 0 atom stereocenters. The lowest BCUT2D eigenvalue weighted by Crippen LogP contribution is -2.28. The van der Waals surface area contributed by atoms with Crippen molar-refractivity contribution in [1.29, 1.82) is 0 Å². The smallest absolute Gasteiger partial charge is 0.262 e. The fourth-order valence-corrected chi connectivity index (χ4v) is 4.72. The molecule has 4 rings (SSSR count). The Labute approximate surface area is 218 Å².